The summed E-state index contributed by atoms with van der Waals surface area (Å²) in [5.74, 6) is -0.706. The molecule has 1 aliphatic rings. The number of carboxylic acid groups (broad SMARTS) is 1. The van der Waals surface area contributed by atoms with Crippen LogP contribution in [0.15, 0.2) is 18.2 Å². The summed E-state index contributed by atoms with van der Waals surface area (Å²) in [6, 6.07) is 5.26. The largest absolute Gasteiger partial charge is 0.478 e. The number of aryl methyl sites for hydroxylation is 1. The number of carbonyl (C=O) groups is 1. The number of aromatic carboxylic acids is 1. The fourth-order valence-corrected chi connectivity index (χ4v) is 2.66. The van der Waals surface area contributed by atoms with Gasteiger partial charge in [0.15, 0.2) is 0 Å². The normalized spacial score (nSPS) is 23.1. The Hall–Kier alpha value is -1.55. The minimum Gasteiger partial charge on any atom is -0.478 e. The highest BCUT2D eigenvalue weighted by Crippen LogP contribution is 2.25. The minimum atomic E-state index is -0.924. The second-order valence-corrected chi connectivity index (χ2v) is 5.35. The van der Waals surface area contributed by atoms with Crippen molar-refractivity contribution in [1.29, 1.82) is 0 Å². The van der Waals surface area contributed by atoms with Crippen LogP contribution in [0, 0.1) is 12.8 Å². The summed E-state index contributed by atoms with van der Waals surface area (Å²) in [4.78, 5) is 11.2. The van der Waals surface area contributed by atoms with E-state index in [9.17, 15) is 9.90 Å². The highest BCUT2D eigenvalue weighted by molar-refractivity contribution is 5.94. The molecule has 19 heavy (non-hydrogen) atoms. The van der Waals surface area contributed by atoms with Crippen LogP contribution in [-0.4, -0.2) is 28.8 Å². The molecule has 0 amide bonds. The molecule has 1 saturated carbocycles. The third kappa shape index (κ3) is 3.47. The van der Waals surface area contributed by atoms with Crippen LogP contribution in [0.3, 0.4) is 0 Å². The van der Waals surface area contributed by atoms with E-state index >= 15 is 0 Å². The van der Waals surface area contributed by atoms with E-state index in [-0.39, 0.29) is 17.6 Å². The van der Waals surface area contributed by atoms with Gasteiger partial charge in [-0.3, -0.25) is 0 Å². The molecule has 0 saturated heterocycles. The van der Waals surface area contributed by atoms with Crippen molar-refractivity contribution >= 4 is 11.7 Å². The first-order chi connectivity index (χ1) is 9.08. The van der Waals surface area contributed by atoms with Crippen LogP contribution in [0.5, 0.6) is 0 Å². The Bertz CT molecular complexity index is 459. The summed E-state index contributed by atoms with van der Waals surface area (Å²) in [6.45, 7) is 2.57. The molecule has 1 fully saturated rings. The Morgan fingerprint density at radius 2 is 2.11 bits per heavy atom. The van der Waals surface area contributed by atoms with Crippen LogP contribution in [0.4, 0.5) is 5.69 Å². The molecule has 3 N–H and O–H groups in total. The summed E-state index contributed by atoms with van der Waals surface area (Å²) in [5.41, 5.74) is 1.96. The number of aliphatic hydroxyl groups is 1. The molecule has 2 atom stereocenters. The van der Waals surface area contributed by atoms with Crippen molar-refractivity contribution in [3.63, 3.8) is 0 Å². The quantitative estimate of drug-likeness (QED) is 0.781. The van der Waals surface area contributed by atoms with Crippen LogP contribution in [0.2, 0.25) is 0 Å². The van der Waals surface area contributed by atoms with Crippen molar-refractivity contribution in [3.05, 3.63) is 29.3 Å². The molecule has 0 bridgehead atoms. The monoisotopic (exact) mass is 263 g/mol. The molecule has 1 aromatic rings. The topological polar surface area (TPSA) is 69.6 Å². The number of nitrogens with one attached hydrogen (secondary N) is 1. The van der Waals surface area contributed by atoms with Gasteiger partial charge in [-0.05, 0) is 37.5 Å². The van der Waals surface area contributed by atoms with E-state index in [0.29, 0.717) is 12.2 Å². The van der Waals surface area contributed by atoms with Gasteiger partial charge in [-0.15, -0.1) is 0 Å². The van der Waals surface area contributed by atoms with E-state index < -0.39 is 5.97 Å². The molecule has 2 unspecified atom stereocenters. The van der Waals surface area contributed by atoms with Gasteiger partial charge in [-0.2, -0.15) is 0 Å². The molecule has 0 spiro atoms. The molecule has 1 aliphatic carbocycles. The molecule has 0 heterocycles. The second-order valence-electron chi connectivity index (χ2n) is 5.35. The Kier molecular flexibility index (Phi) is 4.43. The van der Waals surface area contributed by atoms with Gasteiger partial charge in [-0.25, -0.2) is 4.79 Å². The number of carboxylic acids is 1. The Labute approximate surface area is 113 Å². The first kappa shape index (κ1) is 13.9. The van der Waals surface area contributed by atoms with Crippen LogP contribution in [-0.2, 0) is 0 Å². The molecule has 104 valence electrons. The van der Waals surface area contributed by atoms with Gasteiger partial charge in [0, 0.05) is 18.2 Å². The number of aliphatic hydroxyl groups excluding tert-OH is 1. The molecule has 4 nitrogen and oxygen atoms in total. The summed E-state index contributed by atoms with van der Waals surface area (Å²) in [6.07, 6.45) is 3.82. The van der Waals surface area contributed by atoms with Gasteiger partial charge in [-0.1, -0.05) is 18.9 Å². The zero-order valence-corrected chi connectivity index (χ0v) is 11.2. The molecule has 0 aliphatic heterocycles. The summed E-state index contributed by atoms with van der Waals surface area (Å²) < 4.78 is 0. The van der Waals surface area contributed by atoms with Gasteiger partial charge in [0.25, 0.3) is 0 Å². The average molecular weight is 263 g/mol. The minimum absolute atomic E-state index is 0.218. The van der Waals surface area contributed by atoms with Gasteiger partial charge >= 0.3 is 5.97 Å². The van der Waals surface area contributed by atoms with Crippen molar-refractivity contribution in [2.24, 2.45) is 5.92 Å². The average Bonchev–Trinajstić information content (AvgIpc) is 2.37. The Balaban J connectivity index is 2.05. The van der Waals surface area contributed by atoms with E-state index in [4.69, 9.17) is 5.11 Å². The maximum absolute atomic E-state index is 11.2. The van der Waals surface area contributed by atoms with Crippen LogP contribution in [0.1, 0.15) is 41.6 Å². The lowest BCUT2D eigenvalue weighted by Crippen LogP contribution is -2.30. The zero-order chi connectivity index (χ0) is 13.8. The number of benzene rings is 1. The van der Waals surface area contributed by atoms with Crippen LogP contribution >= 0.6 is 0 Å². The molecule has 0 radical (unpaired) electrons. The number of hydrogen-bond acceptors (Lipinski definition) is 3. The molecule has 4 heteroatoms. The van der Waals surface area contributed by atoms with Crippen LogP contribution < -0.4 is 5.32 Å². The van der Waals surface area contributed by atoms with Crippen molar-refractivity contribution in [1.82, 2.24) is 0 Å². The number of rotatable bonds is 4. The van der Waals surface area contributed by atoms with E-state index in [1.807, 2.05) is 13.0 Å². The lowest BCUT2D eigenvalue weighted by atomic mass is 9.86. The van der Waals surface area contributed by atoms with Gasteiger partial charge in [0.05, 0.1) is 11.7 Å². The summed E-state index contributed by atoms with van der Waals surface area (Å²) in [7, 11) is 0. The third-order valence-electron chi connectivity index (χ3n) is 3.83. The van der Waals surface area contributed by atoms with E-state index in [2.05, 4.69) is 5.32 Å². The van der Waals surface area contributed by atoms with E-state index in [0.717, 1.165) is 31.2 Å². The lowest BCUT2D eigenvalue weighted by molar-refractivity contribution is 0.0697. The molecule has 2 rings (SSSR count). The molecular formula is C15H21NO3. The lowest BCUT2D eigenvalue weighted by Gasteiger charge is -2.28. The van der Waals surface area contributed by atoms with E-state index in [1.165, 1.54) is 0 Å². The Morgan fingerprint density at radius 1 is 1.37 bits per heavy atom. The highest BCUT2D eigenvalue weighted by atomic mass is 16.4. The predicted molar refractivity (Wildman–Crippen MR) is 74.6 cm³/mol. The first-order valence-corrected chi connectivity index (χ1v) is 6.84. The molecule has 0 aromatic heterocycles. The summed E-state index contributed by atoms with van der Waals surface area (Å²) >= 11 is 0. The van der Waals surface area contributed by atoms with Gasteiger partial charge in [0.1, 0.15) is 0 Å². The Morgan fingerprint density at radius 3 is 2.79 bits per heavy atom. The fourth-order valence-electron chi connectivity index (χ4n) is 2.66. The first-order valence-electron chi connectivity index (χ1n) is 6.84. The number of hydrogen-bond donors (Lipinski definition) is 3. The SMILES string of the molecule is Cc1ccc(C(=O)O)c(NCC2CCCCC2O)c1. The maximum Gasteiger partial charge on any atom is 0.337 e. The molecule has 1 aromatic carbocycles. The highest BCUT2D eigenvalue weighted by Gasteiger charge is 2.23. The standard InChI is InChI=1S/C15H21NO3/c1-10-6-7-12(15(18)19)13(8-10)16-9-11-4-2-3-5-14(11)17/h6-8,11,14,16-17H,2-5,9H2,1H3,(H,18,19). The van der Waals surface area contributed by atoms with Crippen molar-refractivity contribution in [3.8, 4) is 0 Å². The maximum atomic E-state index is 11.2. The van der Waals surface area contributed by atoms with Crippen molar-refractivity contribution in [2.45, 2.75) is 38.7 Å². The van der Waals surface area contributed by atoms with Crippen molar-refractivity contribution < 1.29 is 15.0 Å². The van der Waals surface area contributed by atoms with Crippen molar-refractivity contribution in [2.75, 3.05) is 11.9 Å². The predicted octanol–water partition coefficient (Wildman–Crippen LogP) is 2.66. The smallest absolute Gasteiger partial charge is 0.337 e. The van der Waals surface area contributed by atoms with Gasteiger partial charge in [0.2, 0.25) is 0 Å². The third-order valence-corrected chi connectivity index (χ3v) is 3.83. The zero-order valence-electron chi connectivity index (χ0n) is 11.2. The fraction of sp³-hybridized carbons (Fsp3) is 0.533. The van der Waals surface area contributed by atoms with Gasteiger partial charge < -0.3 is 15.5 Å². The second kappa shape index (κ2) is 6.06. The van der Waals surface area contributed by atoms with E-state index in [1.54, 1.807) is 12.1 Å². The summed E-state index contributed by atoms with van der Waals surface area (Å²) in [5, 5.41) is 22.3. The molecular weight excluding hydrogens is 242 g/mol. The van der Waals surface area contributed by atoms with Crippen LogP contribution in [0.25, 0.3) is 0 Å². The number of anilines is 1.